The Labute approximate surface area is 114 Å². The van der Waals surface area contributed by atoms with Gasteiger partial charge in [-0.25, -0.2) is 0 Å². The molecule has 1 heterocycles. The van der Waals surface area contributed by atoms with E-state index >= 15 is 0 Å². The Kier molecular flexibility index (Phi) is 2.90. The Bertz CT molecular complexity index is 711. The zero-order valence-corrected chi connectivity index (χ0v) is 11.7. The molecule has 0 fully saturated rings. The molecule has 0 unspecified atom stereocenters. The summed E-state index contributed by atoms with van der Waals surface area (Å²) in [5, 5.41) is 1.34. The van der Waals surface area contributed by atoms with Crippen LogP contribution in [0.2, 0.25) is 0 Å². The molecule has 2 aromatic carbocycles. The lowest BCUT2D eigenvalue weighted by Crippen LogP contribution is -1.96. The van der Waals surface area contributed by atoms with Crippen LogP contribution in [-0.4, -0.2) is 4.98 Å². The minimum Gasteiger partial charge on any atom is -0.361 e. The first-order chi connectivity index (χ1) is 9.15. The third-order valence-electron chi connectivity index (χ3n) is 3.88. The lowest BCUT2D eigenvalue weighted by molar-refractivity contribution is 1.12. The van der Waals surface area contributed by atoms with Crippen molar-refractivity contribution in [3.8, 4) is 0 Å². The van der Waals surface area contributed by atoms with E-state index in [1.807, 2.05) is 0 Å². The predicted molar refractivity (Wildman–Crippen MR) is 81.8 cm³/mol. The monoisotopic (exact) mass is 249 g/mol. The van der Waals surface area contributed by atoms with Crippen LogP contribution in [0.1, 0.15) is 27.8 Å². The molecule has 1 nitrogen and oxygen atoms in total. The highest BCUT2D eigenvalue weighted by atomic mass is 14.7. The van der Waals surface area contributed by atoms with Gasteiger partial charge >= 0.3 is 0 Å². The van der Waals surface area contributed by atoms with Crippen molar-refractivity contribution < 1.29 is 0 Å². The number of aromatic nitrogens is 1. The average molecular weight is 249 g/mol. The second-order valence-corrected chi connectivity index (χ2v) is 5.41. The largest absolute Gasteiger partial charge is 0.361 e. The first-order valence-corrected chi connectivity index (χ1v) is 6.77. The smallest absolute Gasteiger partial charge is 0.0456 e. The van der Waals surface area contributed by atoms with E-state index in [0.29, 0.717) is 0 Å². The van der Waals surface area contributed by atoms with Gasteiger partial charge in [0.1, 0.15) is 0 Å². The molecule has 0 aliphatic carbocycles. The zero-order valence-electron chi connectivity index (χ0n) is 11.7. The number of hydrogen-bond acceptors (Lipinski definition) is 0. The van der Waals surface area contributed by atoms with Crippen LogP contribution in [-0.2, 0) is 6.42 Å². The second kappa shape index (κ2) is 4.58. The number of benzene rings is 2. The van der Waals surface area contributed by atoms with Gasteiger partial charge in [0.25, 0.3) is 0 Å². The summed E-state index contributed by atoms with van der Waals surface area (Å²) >= 11 is 0. The topological polar surface area (TPSA) is 15.8 Å². The van der Waals surface area contributed by atoms with Crippen molar-refractivity contribution >= 4 is 10.9 Å². The van der Waals surface area contributed by atoms with E-state index in [1.54, 1.807) is 0 Å². The molecule has 0 bridgehead atoms. The van der Waals surface area contributed by atoms with E-state index in [9.17, 15) is 0 Å². The van der Waals surface area contributed by atoms with Crippen LogP contribution in [0, 0.1) is 20.8 Å². The van der Waals surface area contributed by atoms with Gasteiger partial charge in [-0.05, 0) is 49.1 Å². The standard InChI is InChI=1S/C18H19N/c1-12-8-13(2)17(14(3)9-12)10-15-11-19-18-7-5-4-6-16(15)18/h4-9,11,19H,10H2,1-3H3. The summed E-state index contributed by atoms with van der Waals surface area (Å²) < 4.78 is 0. The first-order valence-electron chi connectivity index (χ1n) is 6.77. The summed E-state index contributed by atoms with van der Waals surface area (Å²) in [6.07, 6.45) is 3.14. The molecule has 0 saturated heterocycles. The molecular formula is C18H19N. The summed E-state index contributed by atoms with van der Waals surface area (Å²) in [4.78, 5) is 3.36. The molecule has 0 aliphatic heterocycles. The third-order valence-corrected chi connectivity index (χ3v) is 3.88. The highest BCUT2D eigenvalue weighted by Gasteiger charge is 2.08. The summed E-state index contributed by atoms with van der Waals surface area (Å²) in [6.45, 7) is 6.59. The SMILES string of the molecule is Cc1cc(C)c(Cc2c[nH]c3ccccc23)c(C)c1. The van der Waals surface area contributed by atoms with Crippen LogP contribution in [0.15, 0.2) is 42.6 Å². The van der Waals surface area contributed by atoms with Crippen molar-refractivity contribution in [2.45, 2.75) is 27.2 Å². The van der Waals surface area contributed by atoms with Crippen LogP contribution in [0.25, 0.3) is 10.9 Å². The Hall–Kier alpha value is -2.02. The molecule has 96 valence electrons. The minimum atomic E-state index is 1.00. The lowest BCUT2D eigenvalue weighted by atomic mass is 9.94. The van der Waals surface area contributed by atoms with Gasteiger partial charge in [0, 0.05) is 23.5 Å². The Morgan fingerprint density at radius 1 is 0.947 bits per heavy atom. The van der Waals surface area contributed by atoms with E-state index in [-0.39, 0.29) is 0 Å². The average Bonchev–Trinajstić information content (AvgIpc) is 2.77. The first kappa shape index (κ1) is 12.0. The fraction of sp³-hybridized carbons (Fsp3) is 0.222. The van der Waals surface area contributed by atoms with Gasteiger partial charge in [-0.2, -0.15) is 0 Å². The third kappa shape index (κ3) is 2.17. The van der Waals surface area contributed by atoms with Crippen molar-refractivity contribution in [3.63, 3.8) is 0 Å². The molecule has 1 heteroatoms. The fourth-order valence-electron chi connectivity index (χ4n) is 2.96. The van der Waals surface area contributed by atoms with Gasteiger partial charge in [-0.1, -0.05) is 35.9 Å². The van der Waals surface area contributed by atoms with Crippen LogP contribution < -0.4 is 0 Å². The van der Waals surface area contributed by atoms with Gasteiger partial charge in [0.2, 0.25) is 0 Å². The number of nitrogens with one attached hydrogen (secondary N) is 1. The van der Waals surface area contributed by atoms with Crippen molar-refractivity contribution in [3.05, 3.63) is 70.4 Å². The van der Waals surface area contributed by atoms with Gasteiger partial charge in [-0.3, -0.25) is 0 Å². The predicted octanol–water partition coefficient (Wildman–Crippen LogP) is 4.68. The number of fused-ring (bicyclic) bond motifs is 1. The molecule has 1 N–H and O–H groups in total. The quantitative estimate of drug-likeness (QED) is 0.678. The van der Waals surface area contributed by atoms with Gasteiger partial charge in [0.15, 0.2) is 0 Å². The number of rotatable bonds is 2. The fourth-order valence-corrected chi connectivity index (χ4v) is 2.96. The van der Waals surface area contributed by atoms with Gasteiger partial charge in [0.05, 0.1) is 0 Å². The number of H-pyrrole nitrogens is 1. The van der Waals surface area contributed by atoms with E-state index in [1.165, 1.54) is 38.7 Å². The molecule has 0 saturated carbocycles. The number of hydrogen-bond donors (Lipinski definition) is 1. The van der Waals surface area contributed by atoms with Crippen LogP contribution in [0.3, 0.4) is 0 Å². The minimum absolute atomic E-state index is 1.00. The molecule has 1 aromatic heterocycles. The summed E-state index contributed by atoms with van der Waals surface area (Å²) in [7, 11) is 0. The molecule has 3 rings (SSSR count). The number of aryl methyl sites for hydroxylation is 3. The molecule has 0 aliphatic rings. The maximum absolute atomic E-state index is 3.36. The van der Waals surface area contributed by atoms with Gasteiger partial charge < -0.3 is 4.98 Å². The van der Waals surface area contributed by atoms with E-state index < -0.39 is 0 Å². The normalized spacial score (nSPS) is 11.1. The molecule has 3 aromatic rings. The van der Waals surface area contributed by atoms with Crippen molar-refractivity contribution in [1.82, 2.24) is 4.98 Å². The van der Waals surface area contributed by atoms with Crippen LogP contribution in [0.5, 0.6) is 0 Å². The molecular weight excluding hydrogens is 230 g/mol. The zero-order chi connectivity index (χ0) is 13.4. The highest BCUT2D eigenvalue weighted by molar-refractivity contribution is 5.83. The molecule has 19 heavy (non-hydrogen) atoms. The van der Waals surface area contributed by atoms with Crippen LogP contribution >= 0.6 is 0 Å². The number of para-hydroxylation sites is 1. The molecule has 0 radical (unpaired) electrons. The molecule has 0 amide bonds. The summed E-state index contributed by atoms with van der Waals surface area (Å²) in [5.74, 6) is 0. The Balaban J connectivity index is 2.06. The Morgan fingerprint density at radius 3 is 2.37 bits per heavy atom. The molecule has 0 spiro atoms. The van der Waals surface area contributed by atoms with Crippen molar-refractivity contribution in [2.75, 3.05) is 0 Å². The highest BCUT2D eigenvalue weighted by Crippen LogP contribution is 2.24. The van der Waals surface area contributed by atoms with Crippen molar-refractivity contribution in [2.24, 2.45) is 0 Å². The maximum Gasteiger partial charge on any atom is 0.0456 e. The lowest BCUT2D eigenvalue weighted by Gasteiger charge is -2.11. The van der Waals surface area contributed by atoms with Gasteiger partial charge in [-0.15, -0.1) is 0 Å². The van der Waals surface area contributed by atoms with E-state index in [2.05, 4.69) is 68.4 Å². The van der Waals surface area contributed by atoms with Crippen molar-refractivity contribution in [1.29, 1.82) is 0 Å². The second-order valence-electron chi connectivity index (χ2n) is 5.41. The van der Waals surface area contributed by atoms with E-state index in [4.69, 9.17) is 0 Å². The van der Waals surface area contributed by atoms with Crippen LogP contribution in [0.4, 0.5) is 0 Å². The summed E-state index contributed by atoms with van der Waals surface area (Å²) in [6, 6.07) is 13.1. The maximum atomic E-state index is 3.36. The summed E-state index contributed by atoms with van der Waals surface area (Å²) in [5.41, 5.74) is 8.18. The number of aromatic amines is 1. The van der Waals surface area contributed by atoms with E-state index in [0.717, 1.165) is 6.42 Å². The Morgan fingerprint density at radius 2 is 1.63 bits per heavy atom. The molecule has 0 atom stereocenters.